The fourth-order valence-corrected chi connectivity index (χ4v) is 3.58. The third kappa shape index (κ3) is 4.46. The molecular weight excluding hydrogens is 318 g/mol. The number of hydrogen-bond donors (Lipinski definition) is 1. The Morgan fingerprint density at radius 1 is 1.28 bits per heavy atom. The highest BCUT2D eigenvalue weighted by Gasteiger charge is 2.30. The van der Waals surface area contributed by atoms with E-state index in [1.54, 1.807) is 6.07 Å². The van der Waals surface area contributed by atoms with Crippen LogP contribution in [0.3, 0.4) is 0 Å². The molecule has 2 N–H and O–H groups in total. The molecule has 7 nitrogen and oxygen atoms in total. The lowest BCUT2D eigenvalue weighted by Crippen LogP contribution is -2.51. The van der Waals surface area contributed by atoms with Crippen molar-refractivity contribution in [2.45, 2.75) is 45.1 Å². The fourth-order valence-electron chi connectivity index (χ4n) is 3.58. The second kappa shape index (κ2) is 8.10. The zero-order chi connectivity index (χ0) is 17.8. The van der Waals surface area contributed by atoms with E-state index >= 15 is 0 Å². The lowest BCUT2D eigenvalue weighted by atomic mass is 10.0. The maximum Gasteiger partial charge on any atom is 0.272 e. The van der Waals surface area contributed by atoms with Crippen LogP contribution >= 0.6 is 0 Å². The molecule has 3 rings (SSSR count). The number of rotatable bonds is 4. The second-order valence-corrected chi connectivity index (χ2v) is 7.25. The van der Waals surface area contributed by atoms with E-state index in [-0.39, 0.29) is 23.8 Å². The van der Waals surface area contributed by atoms with Gasteiger partial charge in [0.2, 0.25) is 5.95 Å². The number of likely N-dealkylation sites (tertiary alicyclic amines) is 1. The Hall–Kier alpha value is -1.73. The minimum absolute atomic E-state index is 0.0195. The molecule has 7 heteroatoms. The molecule has 138 valence electrons. The van der Waals surface area contributed by atoms with E-state index in [2.05, 4.69) is 14.9 Å². The summed E-state index contributed by atoms with van der Waals surface area (Å²) >= 11 is 0. The number of nitrogens with two attached hydrogens (primary N) is 1. The van der Waals surface area contributed by atoms with Gasteiger partial charge in [0.05, 0.1) is 13.2 Å². The van der Waals surface area contributed by atoms with Crippen molar-refractivity contribution in [1.82, 2.24) is 19.8 Å². The van der Waals surface area contributed by atoms with Gasteiger partial charge in [-0.1, -0.05) is 13.8 Å². The molecule has 2 saturated heterocycles. The van der Waals surface area contributed by atoms with Crippen LogP contribution in [0.5, 0.6) is 0 Å². The van der Waals surface area contributed by atoms with Gasteiger partial charge in [0, 0.05) is 37.9 Å². The van der Waals surface area contributed by atoms with Crippen molar-refractivity contribution in [3.8, 4) is 0 Å². The summed E-state index contributed by atoms with van der Waals surface area (Å²) in [6.45, 7) is 9.21. The van der Waals surface area contributed by atoms with Crippen LogP contribution in [0, 0.1) is 0 Å². The van der Waals surface area contributed by atoms with Crippen LogP contribution < -0.4 is 5.73 Å². The molecule has 0 bridgehead atoms. The van der Waals surface area contributed by atoms with Gasteiger partial charge < -0.3 is 15.4 Å². The summed E-state index contributed by atoms with van der Waals surface area (Å²) in [5.74, 6) is 0.368. The first-order valence-corrected chi connectivity index (χ1v) is 9.30. The van der Waals surface area contributed by atoms with Crippen LogP contribution in [0.4, 0.5) is 5.95 Å². The molecule has 1 amide bonds. The van der Waals surface area contributed by atoms with Gasteiger partial charge in [-0.05, 0) is 31.2 Å². The monoisotopic (exact) mass is 347 g/mol. The first kappa shape index (κ1) is 18.1. The van der Waals surface area contributed by atoms with Crippen molar-refractivity contribution in [2.24, 2.45) is 0 Å². The van der Waals surface area contributed by atoms with Crippen LogP contribution in [-0.2, 0) is 4.74 Å². The van der Waals surface area contributed by atoms with Crippen molar-refractivity contribution < 1.29 is 9.53 Å². The van der Waals surface area contributed by atoms with E-state index < -0.39 is 0 Å². The third-order valence-electron chi connectivity index (χ3n) is 5.03. The quantitative estimate of drug-likeness (QED) is 0.889. The van der Waals surface area contributed by atoms with Gasteiger partial charge in [0.1, 0.15) is 5.69 Å². The normalized spacial score (nSPS) is 22.4. The zero-order valence-electron chi connectivity index (χ0n) is 15.3. The van der Waals surface area contributed by atoms with Crippen LogP contribution in [-0.4, -0.2) is 71.1 Å². The predicted octanol–water partition coefficient (Wildman–Crippen LogP) is 1.51. The minimum Gasteiger partial charge on any atom is -0.379 e. The molecular formula is C18H29N5O2. The van der Waals surface area contributed by atoms with Gasteiger partial charge in [-0.2, -0.15) is 0 Å². The fraction of sp³-hybridized carbons (Fsp3) is 0.722. The minimum atomic E-state index is -0.0195. The summed E-state index contributed by atoms with van der Waals surface area (Å²) in [5, 5.41) is 0. The first-order valence-electron chi connectivity index (χ1n) is 9.30. The van der Waals surface area contributed by atoms with Crippen LogP contribution in [0.25, 0.3) is 0 Å². The van der Waals surface area contributed by atoms with E-state index in [1.165, 1.54) is 6.42 Å². The molecule has 0 radical (unpaired) electrons. The molecule has 3 heterocycles. The Labute approximate surface area is 149 Å². The number of nitrogens with zero attached hydrogens (tertiary/aromatic N) is 4. The molecule has 2 aliphatic heterocycles. The molecule has 0 unspecified atom stereocenters. The molecule has 0 aromatic carbocycles. The van der Waals surface area contributed by atoms with E-state index in [0.29, 0.717) is 5.69 Å². The zero-order valence-corrected chi connectivity index (χ0v) is 15.3. The number of aromatic nitrogens is 2. The van der Waals surface area contributed by atoms with E-state index in [0.717, 1.165) is 57.9 Å². The lowest BCUT2D eigenvalue weighted by molar-refractivity contribution is 0.0164. The molecule has 2 fully saturated rings. The predicted molar refractivity (Wildman–Crippen MR) is 96.5 cm³/mol. The van der Waals surface area contributed by atoms with Crippen molar-refractivity contribution in [3.05, 3.63) is 17.5 Å². The number of amides is 1. The number of nitrogen functional groups attached to an aromatic ring is 1. The largest absolute Gasteiger partial charge is 0.379 e. The molecule has 0 spiro atoms. The summed E-state index contributed by atoms with van der Waals surface area (Å²) < 4.78 is 5.43. The van der Waals surface area contributed by atoms with Crippen molar-refractivity contribution >= 4 is 11.9 Å². The van der Waals surface area contributed by atoms with Gasteiger partial charge >= 0.3 is 0 Å². The maximum absolute atomic E-state index is 13.1. The van der Waals surface area contributed by atoms with E-state index in [1.807, 2.05) is 18.7 Å². The van der Waals surface area contributed by atoms with Crippen molar-refractivity contribution in [2.75, 3.05) is 45.1 Å². The summed E-state index contributed by atoms with van der Waals surface area (Å²) in [7, 11) is 0. The van der Waals surface area contributed by atoms with Crippen LogP contribution in [0.15, 0.2) is 6.07 Å². The van der Waals surface area contributed by atoms with Gasteiger partial charge in [0.25, 0.3) is 5.91 Å². The Kier molecular flexibility index (Phi) is 5.86. The van der Waals surface area contributed by atoms with Crippen LogP contribution in [0.2, 0.25) is 0 Å². The average Bonchev–Trinajstić information content (AvgIpc) is 2.62. The van der Waals surface area contributed by atoms with Crippen LogP contribution in [0.1, 0.15) is 55.2 Å². The molecule has 1 atom stereocenters. The molecule has 1 aromatic heterocycles. The molecule has 2 aliphatic rings. The Morgan fingerprint density at radius 3 is 2.76 bits per heavy atom. The lowest BCUT2D eigenvalue weighted by Gasteiger charge is -2.39. The summed E-state index contributed by atoms with van der Waals surface area (Å²) in [4.78, 5) is 26.0. The highest BCUT2D eigenvalue weighted by atomic mass is 16.5. The topological polar surface area (TPSA) is 84.6 Å². The average molecular weight is 347 g/mol. The van der Waals surface area contributed by atoms with Gasteiger partial charge in [-0.15, -0.1) is 0 Å². The molecule has 0 saturated carbocycles. The standard InChI is InChI=1S/C18H29N5O2/c1-13(2)15-11-16(21-18(19)20-15)17(24)23-6-4-3-5-14(23)12-22-7-9-25-10-8-22/h11,13-14H,3-10,12H2,1-2H3,(H2,19,20,21)/t14-/m1/s1. The number of ether oxygens (including phenoxy) is 1. The van der Waals surface area contributed by atoms with Crippen molar-refractivity contribution in [3.63, 3.8) is 0 Å². The number of piperidine rings is 1. The summed E-state index contributed by atoms with van der Waals surface area (Å²) in [5.41, 5.74) is 7.07. The summed E-state index contributed by atoms with van der Waals surface area (Å²) in [6, 6.07) is 2.03. The Morgan fingerprint density at radius 2 is 2.04 bits per heavy atom. The molecule has 0 aliphatic carbocycles. The van der Waals surface area contributed by atoms with Crippen molar-refractivity contribution in [1.29, 1.82) is 0 Å². The Balaban J connectivity index is 1.76. The smallest absolute Gasteiger partial charge is 0.272 e. The Bertz CT molecular complexity index is 601. The molecule has 1 aromatic rings. The van der Waals surface area contributed by atoms with Gasteiger partial charge in [-0.3, -0.25) is 9.69 Å². The number of morpholine rings is 1. The van der Waals surface area contributed by atoms with E-state index in [4.69, 9.17) is 10.5 Å². The highest BCUT2D eigenvalue weighted by molar-refractivity contribution is 5.93. The van der Waals surface area contributed by atoms with E-state index in [9.17, 15) is 4.79 Å². The SMILES string of the molecule is CC(C)c1cc(C(=O)N2CCCC[C@@H]2CN2CCOCC2)nc(N)n1. The maximum atomic E-state index is 13.1. The summed E-state index contributed by atoms with van der Waals surface area (Å²) in [6.07, 6.45) is 3.26. The molecule has 25 heavy (non-hydrogen) atoms. The first-order chi connectivity index (χ1) is 12.0. The van der Waals surface area contributed by atoms with Gasteiger partial charge in [-0.25, -0.2) is 9.97 Å². The highest BCUT2D eigenvalue weighted by Crippen LogP contribution is 2.22. The number of carbonyl (C=O) groups excluding carboxylic acids is 1. The second-order valence-electron chi connectivity index (χ2n) is 7.25. The number of carbonyl (C=O) groups is 1. The third-order valence-corrected chi connectivity index (χ3v) is 5.03. The number of anilines is 1. The number of hydrogen-bond acceptors (Lipinski definition) is 6. The van der Waals surface area contributed by atoms with Gasteiger partial charge in [0.15, 0.2) is 0 Å².